The van der Waals surface area contributed by atoms with Crippen molar-refractivity contribution in [3.05, 3.63) is 30.3 Å². The Hall–Kier alpha value is -1.10. The Balaban J connectivity index is 1.99. The first-order valence-corrected chi connectivity index (χ1v) is 9.85. The molecule has 1 aromatic carbocycles. The molecule has 0 aromatic heterocycles. The van der Waals surface area contributed by atoms with Crippen molar-refractivity contribution in [3.8, 4) is 5.75 Å². The maximum atomic E-state index is 5.76. The molecule has 0 atom stereocenters. The van der Waals surface area contributed by atoms with Crippen LogP contribution in [0, 0.1) is 0 Å². The van der Waals surface area contributed by atoms with Crippen LogP contribution in [0.3, 0.4) is 0 Å². The van der Waals surface area contributed by atoms with E-state index in [1.807, 2.05) is 30.3 Å². The van der Waals surface area contributed by atoms with E-state index >= 15 is 0 Å². The molecule has 0 aliphatic carbocycles. The van der Waals surface area contributed by atoms with E-state index in [-0.39, 0.29) is 6.29 Å². The third kappa shape index (κ3) is 12.9. The molecule has 0 radical (unpaired) electrons. The highest BCUT2D eigenvalue weighted by atomic mass is 16.7. The maximum Gasteiger partial charge on any atom is 0.180 e. The van der Waals surface area contributed by atoms with Gasteiger partial charge in [0.25, 0.3) is 0 Å². The van der Waals surface area contributed by atoms with E-state index in [4.69, 9.17) is 18.9 Å². The van der Waals surface area contributed by atoms with Crippen molar-refractivity contribution in [2.45, 2.75) is 65.1 Å². The molecule has 1 aromatic rings. The number of hydrogen-bond donors (Lipinski definition) is 0. The van der Waals surface area contributed by atoms with Crippen LogP contribution in [0.5, 0.6) is 5.75 Å². The minimum Gasteiger partial charge on any atom is -0.494 e. The maximum absolute atomic E-state index is 5.76. The first-order valence-electron chi connectivity index (χ1n) is 9.85. The van der Waals surface area contributed by atoms with Crippen molar-refractivity contribution in [2.24, 2.45) is 0 Å². The summed E-state index contributed by atoms with van der Waals surface area (Å²) in [5, 5.41) is 0. The molecular formula is C21H36O4. The van der Waals surface area contributed by atoms with E-state index in [0.717, 1.165) is 77.1 Å². The van der Waals surface area contributed by atoms with Crippen LogP contribution in [0.2, 0.25) is 0 Å². The lowest BCUT2D eigenvalue weighted by atomic mass is 10.2. The Morgan fingerprint density at radius 2 is 1.36 bits per heavy atom. The largest absolute Gasteiger partial charge is 0.494 e. The fraction of sp³-hybridized carbons (Fsp3) is 0.714. The summed E-state index contributed by atoms with van der Waals surface area (Å²) in [6.07, 6.45) is 7.35. The summed E-state index contributed by atoms with van der Waals surface area (Å²) in [5.74, 6) is 0.940. The first kappa shape index (κ1) is 21.9. The van der Waals surface area contributed by atoms with Crippen LogP contribution in [0.1, 0.15) is 58.8 Å². The molecule has 0 aliphatic rings. The molecule has 0 fully saturated rings. The number of ether oxygens (including phenoxy) is 4. The second kappa shape index (κ2) is 16.4. The van der Waals surface area contributed by atoms with Gasteiger partial charge in [-0.3, -0.25) is 0 Å². The summed E-state index contributed by atoms with van der Waals surface area (Å²) in [4.78, 5) is 0. The molecule has 0 spiro atoms. The summed E-state index contributed by atoms with van der Waals surface area (Å²) in [7, 11) is 0. The van der Waals surface area contributed by atoms with Gasteiger partial charge in [-0.2, -0.15) is 0 Å². The van der Waals surface area contributed by atoms with Crippen molar-refractivity contribution in [3.63, 3.8) is 0 Å². The number of para-hydroxylation sites is 1. The van der Waals surface area contributed by atoms with Crippen LogP contribution in [0.25, 0.3) is 0 Å². The number of rotatable bonds is 17. The molecule has 0 saturated heterocycles. The molecule has 0 heterocycles. The van der Waals surface area contributed by atoms with Crippen molar-refractivity contribution in [1.82, 2.24) is 0 Å². The van der Waals surface area contributed by atoms with Gasteiger partial charge in [-0.05, 0) is 44.2 Å². The van der Waals surface area contributed by atoms with Gasteiger partial charge in [-0.15, -0.1) is 0 Å². The van der Waals surface area contributed by atoms with Gasteiger partial charge in [0.05, 0.1) is 13.2 Å². The minimum atomic E-state index is -0.223. The number of hydrogen-bond acceptors (Lipinski definition) is 4. The van der Waals surface area contributed by atoms with E-state index in [2.05, 4.69) is 13.8 Å². The van der Waals surface area contributed by atoms with Gasteiger partial charge >= 0.3 is 0 Å². The Morgan fingerprint density at radius 1 is 0.720 bits per heavy atom. The second-order valence-corrected chi connectivity index (χ2v) is 6.18. The molecule has 0 N–H and O–H groups in total. The molecule has 4 nitrogen and oxygen atoms in total. The molecule has 1 rings (SSSR count). The zero-order valence-electron chi connectivity index (χ0n) is 16.1. The number of unbranched alkanes of at least 4 members (excludes halogenated alkanes) is 4. The quantitative estimate of drug-likeness (QED) is 0.285. The van der Waals surface area contributed by atoms with Crippen molar-refractivity contribution < 1.29 is 18.9 Å². The van der Waals surface area contributed by atoms with Crippen LogP contribution in [0.4, 0.5) is 0 Å². The highest BCUT2D eigenvalue weighted by Crippen LogP contribution is 2.09. The summed E-state index contributed by atoms with van der Waals surface area (Å²) in [5.41, 5.74) is 0. The molecule has 144 valence electrons. The predicted octanol–water partition coefficient (Wildman–Crippen LogP) is 5.21. The molecule has 0 amide bonds. The highest BCUT2D eigenvalue weighted by Gasteiger charge is 2.09. The Bertz CT molecular complexity index is 373. The lowest BCUT2D eigenvalue weighted by Gasteiger charge is -2.18. The topological polar surface area (TPSA) is 36.9 Å². The SMILES string of the molecule is CCCCOC(COCCCCCOc1ccccc1)OCCCC. The van der Waals surface area contributed by atoms with Crippen LogP contribution < -0.4 is 4.74 Å². The molecule has 0 unspecified atom stereocenters. The van der Waals surface area contributed by atoms with Gasteiger partial charge in [-0.25, -0.2) is 0 Å². The van der Waals surface area contributed by atoms with Gasteiger partial charge in [0.1, 0.15) is 5.75 Å². The van der Waals surface area contributed by atoms with Crippen LogP contribution >= 0.6 is 0 Å². The van der Waals surface area contributed by atoms with E-state index in [9.17, 15) is 0 Å². The zero-order valence-corrected chi connectivity index (χ0v) is 16.1. The van der Waals surface area contributed by atoms with Crippen LogP contribution in [-0.2, 0) is 14.2 Å². The lowest BCUT2D eigenvalue weighted by Crippen LogP contribution is -2.25. The lowest BCUT2D eigenvalue weighted by molar-refractivity contribution is -0.173. The van der Waals surface area contributed by atoms with E-state index < -0.39 is 0 Å². The predicted molar refractivity (Wildman–Crippen MR) is 102 cm³/mol. The van der Waals surface area contributed by atoms with Crippen molar-refractivity contribution in [1.29, 1.82) is 0 Å². The summed E-state index contributed by atoms with van der Waals surface area (Å²) in [6.45, 7) is 7.83. The van der Waals surface area contributed by atoms with Crippen LogP contribution in [-0.4, -0.2) is 39.3 Å². The standard InChI is InChI=1S/C21H36O4/c1-3-5-16-24-21(25-17-6-4-2)19-22-15-11-8-12-18-23-20-13-9-7-10-14-20/h7,9-10,13-14,21H,3-6,8,11-12,15-19H2,1-2H3. The third-order valence-electron chi connectivity index (χ3n) is 3.80. The van der Waals surface area contributed by atoms with E-state index in [1.54, 1.807) is 0 Å². The molecule has 0 saturated carbocycles. The van der Waals surface area contributed by atoms with Gasteiger partial charge in [-0.1, -0.05) is 44.9 Å². The fourth-order valence-electron chi connectivity index (χ4n) is 2.23. The summed E-state index contributed by atoms with van der Waals surface area (Å²) in [6, 6.07) is 9.95. The monoisotopic (exact) mass is 352 g/mol. The smallest absolute Gasteiger partial charge is 0.180 e. The van der Waals surface area contributed by atoms with Gasteiger partial charge < -0.3 is 18.9 Å². The average Bonchev–Trinajstić information content (AvgIpc) is 2.64. The minimum absolute atomic E-state index is 0.223. The van der Waals surface area contributed by atoms with E-state index in [0.29, 0.717) is 6.61 Å². The number of benzene rings is 1. The zero-order chi connectivity index (χ0) is 18.0. The summed E-state index contributed by atoms with van der Waals surface area (Å²) >= 11 is 0. The third-order valence-corrected chi connectivity index (χ3v) is 3.80. The van der Waals surface area contributed by atoms with Crippen molar-refractivity contribution in [2.75, 3.05) is 33.0 Å². The summed E-state index contributed by atoms with van der Waals surface area (Å²) < 4.78 is 22.9. The molecule has 25 heavy (non-hydrogen) atoms. The Morgan fingerprint density at radius 3 is 2.00 bits per heavy atom. The van der Waals surface area contributed by atoms with Crippen molar-refractivity contribution >= 4 is 0 Å². The molecule has 4 heteroatoms. The highest BCUT2D eigenvalue weighted by molar-refractivity contribution is 5.20. The van der Waals surface area contributed by atoms with Crippen LogP contribution in [0.15, 0.2) is 30.3 Å². The van der Waals surface area contributed by atoms with Gasteiger partial charge in [0.15, 0.2) is 6.29 Å². The Kier molecular flexibility index (Phi) is 14.4. The van der Waals surface area contributed by atoms with Gasteiger partial charge in [0.2, 0.25) is 0 Å². The second-order valence-electron chi connectivity index (χ2n) is 6.18. The first-order chi connectivity index (χ1) is 12.4. The fourth-order valence-corrected chi connectivity index (χ4v) is 2.23. The van der Waals surface area contributed by atoms with Gasteiger partial charge in [0, 0.05) is 19.8 Å². The molecule has 0 bridgehead atoms. The molecular weight excluding hydrogens is 316 g/mol. The average molecular weight is 353 g/mol. The van der Waals surface area contributed by atoms with E-state index in [1.165, 1.54) is 0 Å². The normalized spacial score (nSPS) is 11.2. The Labute approximate surface area is 153 Å². The molecule has 0 aliphatic heterocycles.